The van der Waals surface area contributed by atoms with Crippen molar-refractivity contribution < 1.29 is 14.6 Å². The summed E-state index contributed by atoms with van der Waals surface area (Å²) in [5.41, 5.74) is 1.09. The lowest BCUT2D eigenvalue weighted by Crippen LogP contribution is -2.42. The van der Waals surface area contributed by atoms with Crippen molar-refractivity contribution in [3.05, 3.63) is 28.9 Å². The lowest BCUT2D eigenvalue weighted by Gasteiger charge is -1.90. The van der Waals surface area contributed by atoms with Crippen LogP contribution >= 0.6 is 11.6 Å². The van der Waals surface area contributed by atoms with Gasteiger partial charge in [-0.15, -0.1) is 4.68 Å². The van der Waals surface area contributed by atoms with Crippen molar-refractivity contribution in [3.63, 3.8) is 0 Å². The van der Waals surface area contributed by atoms with Gasteiger partial charge in [-0.2, -0.15) is 4.68 Å². The largest absolute Gasteiger partial charge is 0.473 e. The number of aromatic carboxylic acids is 1. The van der Waals surface area contributed by atoms with Gasteiger partial charge in [0.25, 0.3) is 0 Å². The topological polar surface area (TPSA) is 46.1 Å². The average molecular weight is 226 g/mol. The van der Waals surface area contributed by atoms with E-state index in [-0.39, 0.29) is 5.69 Å². The van der Waals surface area contributed by atoms with E-state index in [1.807, 2.05) is 13.1 Å². The Morgan fingerprint density at radius 3 is 2.80 bits per heavy atom. The van der Waals surface area contributed by atoms with E-state index < -0.39 is 5.97 Å². The first-order valence-electron chi connectivity index (χ1n) is 4.40. The number of hydrogen-bond acceptors (Lipinski definition) is 1. The third kappa shape index (κ3) is 1.37. The van der Waals surface area contributed by atoms with Gasteiger partial charge in [-0.3, -0.25) is 0 Å². The van der Waals surface area contributed by atoms with Gasteiger partial charge in [0.05, 0.1) is 12.4 Å². The molecule has 1 aromatic carbocycles. The van der Waals surface area contributed by atoms with Crippen molar-refractivity contribution in [2.45, 2.75) is 0 Å². The molecule has 0 aliphatic heterocycles. The molecule has 0 amide bonds. The van der Waals surface area contributed by atoms with Crippen molar-refractivity contribution in [1.82, 2.24) is 4.68 Å². The van der Waals surface area contributed by atoms with Gasteiger partial charge in [-0.25, -0.2) is 4.79 Å². The van der Waals surface area contributed by atoms with E-state index in [1.54, 1.807) is 28.5 Å². The van der Waals surface area contributed by atoms with Gasteiger partial charge < -0.3 is 5.11 Å². The van der Waals surface area contributed by atoms with Crippen LogP contribution in [0.1, 0.15) is 10.5 Å². The Bertz CT molecular complexity index is 560. The fourth-order valence-corrected chi connectivity index (χ4v) is 1.89. The van der Waals surface area contributed by atoms with Crippen LogP contribution in [0.25, 0.3) is 10.9 Å². The van der Waals surface area contributed by atoms with Crippen LogP contribution in [-0.2, 0) is 14.1 Å². The Morgan fingerprint density at radius 1 is 1.53 bits per heavy atom. The molecular formula is C10H10ClN2O2+. The van der Waals surface area contributed by atoms with Crippen LogP contribution < -0.4 is 4.68 Å². The van der Waals surface area contributed by atoms with Gasteiger partial charge in [0.1, 0.15) is 5.52 Å². The van der Waals surface area contributed by atoms with Gasteiger partial charge in [0.2, 0.25) is 0 Å². The number of benzene rings is 1. The molecule has 2 aromatic rings. The Morgan fingerprint density at radius 2 is 2.20 bits per heavy atom. The lowest BCUT2D eigenvalue weighted by atomic mass is 10.2. The van der Waals surface area contributed by atoms with Crippen LogP contribution in [0, 0.1) is 0 Å². The summed E-state index contributed by atoms with van der Waals surface area (Å²) in [5.74, 6) is -0.953. The van der Waals surface area contributed by atoms with Gasteiger partial charge in [-0.05, 0) is 18.2 Å². The molecule has 1 aromatic heterocycles. The molecule has 2 rings (SSSR count). The molecule has 0 spiro atoms. The third-order valence-corrected chi connectivity index (χ3v) is 2.77. The number of nitrogens with zero attached hydrogens (tertiary/aromatic N) is 2. The SMILES string of the molecule is Cn1c2ccc(Cl)cc2c(C(=O)O)[n+]1C. The van der Waals surface area contributed by atoms with Crippen molar-refractivity contribution >= 4 is 28.5 Å². The summed E-state index contributed by atoms with van der Waals surface area (Å²) in [4.78, 5) is 11.1. The van der Waals surface area contributed by atoms with Crippen LogP contribution in [0.2, 0.25) is 5.02 Å². The molecule has 0 saturated carbocycles. The molecule has 0 radical (unpaired) electrons. The van der Waals surface area contributed by atoms with Crippen LogP contribution in [0.15, 0.2) is 18.2 Å². The van der Waals surface area contributed by atoms with E-state index in [1.165, 1.54) is 0 Å². The number of carbonyl (C=O) groups is 1. The Balaban J connectivity index is 2.95. The van der Waals surface area contributed by atoms with Crippen LogP contribution in [0.5, 0.6) is 0 Å². The number of halogens is 1. The second-order valence-electron chi connectivity index (χ2n) is 3.36. The van der Waals surface area contributed by atoms with E-state index in [9.17, 15) is 4.79 Å². The number of fused-ring (bicyclic) bond motifs is 1. The second kappa shape index (κ2) is 3.24. The normalized spacial score (nSPS) is 10.9. The zero-order chi connectivity index (χ0) is 11.2. The molecule has 0 aliphatic carbocycles. The van der Waals surface area contributed by atoms with E-state index >= 15 is 0 Å². The predicted molar refractivity (Wildman–Crippen MR) is 56.1 cm³/mol. The maximum Gasteiger partial charge on any atom is 0.404 e. The quantitative estimate of drug-likeness (QED) is 0.745. The molecule has 15 heavy (non-hydrogen) atoms. The molecule has 0 fully saturated rings. The van der Waals surface area contributed by atoms with Gasteiger partial charge in [-0.1, -0.05) is 11.6 Å². The standard InChI is InChI=1S/C10H9ClN2O2/c1-12-8-4-3-6(11)5-7(8)9(10(14)15)13(12)2/h3-5H,1-2H3/p+1. The Hall–Kier alpha value is -1.55. The number of carboxylic acid groups (broad SMARTS) is 1. The molecule has 0 bridgehead atoms. The molecule has 0 unspecified atom stereocenters. The summed E-state index contributed by atoms with van der Waals surface area (Å²) in [6.45, 7) is 0. The van der Waals surface area contributed by atoms with E-state index in [0.29, 0.717) is 10.4 Å². The molecule has 0 aliphatic rings. The number of hydrogen-bond donors (Lipinski definition) is 1. The number of aromatic nitrogens is 2. The smallest absolute Gasteiger partial charge is 0.404 e. The van der Waals surface area contributed by atoms with Crippen molar-refractivity contribution in [2.75, 3.05) is 0 Å². The fraction of sp³-hybridized carbons (Fsp3) is 0.200. The Kier molecular flexibility index (Phi) is 2.16. The van der Waals surface area contributed by atoms with Gasteiger partial charge in [0, 0.05) is 5.02 Å². The monoisotopic (exact) mass is 225 g/mol. The average Bonchev–Trinajstić information content (AvgIpc) is 2.39. The van der Waals surface area contributed by atoms with Crippen molar-refractivity contribution in [3.8, 4) is 0 Å². The van der Waals surface area contributed by atoms with Gasteiger partial charge >= 0.3 is 11.7 Å². The van der Waals surface area contributed by atoms with Crippen molar-refractivity contribution in [1.29, 1.82) is 0 Å². The minimum atomic E-state index is -0.953. The fourth-order valence-electron chi connectivity index (χ4n) is 1.72. The molecule has 0 atom stereocenters. The molecule has 4 nitrogen and oxygen atoms in total. The van der Waals surface area contributed by atoms with Crippen LogP contribution in [0.3, 0.4) is 0 Å². The summed E-state index contributed by atoms with van der Waals surface area (Å²) in [5, 5.41) is 10.3. The summed E-state index contributed by atoms with van der Waals surface area (Å²) in [6, 6.07) is 5.22. The van der Waals surface area contributed by atoms with Crippen molar-refractivity contribution in [2.24, 2.45) is 14.1 Å². The molecule has 1 N–H and O–H groups in total. The summed E-state index contributed by atoms with van der Waals surface area (Å²) < 4.78 is 3.36. The van der Waals surface area contributed by atoms with Gasteiger partial charge in [0.15, 0.2) is 7.05 Å². The predicted octanol–water partition coefficient (Wildman–Crippen LogP) is 1.35. The van der Waals surface area contributed by atoms with E-state index in [4.69, 9.17) is 16.7 Å². The first-order chi connectivity index (χ1) is 7.02. The maximum absolute atomic E-state index is 11.1. The minimum Gasteiger partial charge on any atom is -0.473 e. The molecule has 78 valence electrons. The number of aryl methyl sites for hydroxylation is 1. The first kappa shape index (κ1) is 9.98. The highest BCUT2D eigenvalue weighted by Crippen LogP contribution is 2.20. The maximum atomic E-state index is 11.1. The zero-order valence-corrected chi connectivity index (χ0v) is 9.12. The number of rotatable bonds is 1. The second-order valence-corrected chi connectivity index (χ2v) is 3.80. The van der Waals surface area contributed by atoms with Crippen LogP contribution in [0.4, 0.5) is 0 Å². The minimum absolute atomic E-state index is 0.245. The number of carboxylic acids is 1. The molecule has 1 heterocycles. The highest BCUT2D eigenvalue weighted by Gasteiger charge is 2.26. The van der Waals surface area contributed by atoms with E-state index in [2.05, 4.69) is 0 Å². The third-order valence-electron chi connectivity index (χ3n) is 2.54. The van der Waals surface area contributed by atoms with Crippen LogP contribution in [-0.4, -0.2) is 15.8 Å². The summed E-state index contributed by atoms with van der Waals surface area (Å²) in [7, 11) is 3.51. The Labute approximate surface area is 91.3 Å². The summed E-state index contributed by atoms with van der Waals surface area (Å²) in [6.07, 6.45) is 0. The zero-order valence-electron chi connectivity index (χ0n) is 8.36. The first-order valence-corrected chi connectivity index (χ1v) is 4.77. The highest BCUT2D eigenvalue weighted by molar-refractivity contribution is 6.31. The van der Waals surface area contributed by atoms with E-state index in [0.717, 1.165) is 5.52 Å². The lowest BCUT2D eigenvalue weighted by molar-refractivity contribution is -0.750. The molecule has 0 saturated heterocycles. The summed E-state index contributed by atoms with van der Waals surface area (Å²) >= 11 is 5.85. The molecule has 5 heteroatoms. The highest BCUT2D eigenvalue weighted by atomic mass is 35.5. The molecular weight excluding hydrogens is 216 g/mol.